The number of nitrogens with one attached hydrogen (secondary N) is 2. The summed E-state index contributed by atoms with van der Waals surface area (Å²) in [4.78, 5) is 22.0. The molecular weight excluding hydrogens is 300 g/mol. The quantitative estimate of drug-likeness (QED) is 0.593. The van der Waals surface area contributed by atoms with Gasteiger partial charge in [-0.15, -0.1) is 0 Å². The van der Waals surface area contributed by atoms with Gasteiger partial charge in [-0.05, 0) is 67.7 Å². The molecule has 0 fully saturated rings. The van der Waals surface area contributed by atoms with Crippen molar-refractivity contribution in [3.8, 4) is 0 Å². The van der Waals surface area contributed by atoms with Gasteiger partial charge in [0.25, 0.3) is 0 Å². The van der Waals surface area contributed by atoms with Crippen LogP contribution in [0.1, 0.15) is 27.6 Å². The van der Waals surface area contributed by atoms with Crippen LogP contribution in [0, 0.1) is 0 Å². The van der Waals surface area contributed by atoms with Gasteiger partial charge in [0.2, 0.25) is 0 Å². The first-order chi connectivity index (χ1) is 10.5. The van der Waals surface area contributed by atoms with Crippen LogP contribution in [-0.4, -0.2) is 22.0 Å². The Morgan fingerprint density at radius 3 is 1.64 bits per heavy atom. The molecule has 0 atom stereocenters. The molecule has 0 amide bonds. The van der Waals surface area contributed by atoms with E-state index in [2.05, 4.69) is 10.6 Å². The SMILES string of the molecule is CC(=O)c1ccc(NC(=S)Nc2ccc(C(=O)O)cc2)cc1. The number of aromatic carboxylic acids is 1. The van der Waals surface area contributed by atoms with Gasteiger partial charge in [0.1, 0.15) is 0 Å². The van der Waals surface area contributed by atoms with E-state index in [1.807, 2.05) is 0 Å². The van der Waals surface area contributed by atoms with Crippen LogP contribution in [-0.2, 0) is 0 Å². The van der Waals surface area contributed by atoms with Crippen molar-refractivity contribution in [3.63, 3.8) is 0 Å². The highest BCUT2D eigenvalue weighted by molar-refractivity contribution is 7.80. The topological polar surface area (TPSA) is 78.4 Å². The van der Waals surface area contributed by atoms with Crippen LogP contribution in [0.3, 0.4) is 0 Å². The molecule has 2 aromatic carbocycles. The molecule has 0 radical (unpaired) electrons. The van der Waals surface area contributed by atoms with E-state index < -0.39 is 5.97 Å². The third kappa shape index (κ3) is 4.13. The van der Waals surface area contributed by atoms with Crippen molar-refractivity contribution < 1.29 is 14.7 Å². The van der Waals surface area contributed by atoms with Gasteiger partial charge < -0.3 is 15.7 Å². The van der Waals surface area contributed by atoms with Crippen LogP contribution in [0.4, 0.5) is 11.4 Å². The number of hydrogen-bond acceptors (Lipinski definition) is 3. The molecule has 2 rings (SSSR count). The van der Waals surface area contributed by atoms with Crippen molar-refractivity contribution in [1.82, 2.24) is 0 Å². The molecule has 22 heavy (non-hydrogen) atoms. The van der Waals surface area contributed by atoms with E-state index in [1.54, 1.807) is 36.4 Å². The van der Waals surface area contributed by atoms with Crippen molar-refractivity contribution in [2.24, 2.45) is 0 Å². The number of carboxylic acids is 1. The van der Waals surface area contributed by atoms with Crippen molar-refractivity contribution in [1.29, 1.82) is 0 Å². The Labute approximate surface area is 133 Å². The summed E-state index contributed by atoms with van der Waals surface area (Å²) in [7, 11) is 0. The third-order valence-corrected chi connectivity index (χ3v) is 3.14. The second-order valence-electron chi connectivity index (χ2n) is 4.60. The number of ketones is 1. The van der Waals surface area contributed by atoms with Gasteiger partial charge in [0, 0.05) is 16.9 Å². The molecular formula is C16H14N2O3S. The maximum Gasteiger partial charge on any atom is 0.335 e. The number of rotatable bonds is 4. The number of carbonyl (C=O) groups excluding carboxylic acids is 1. The van der Waals surface area contributed by atoms with Gasteiger partial charge in [-0.3, -0.25) is 4.79 Å². The first kappa shape index (κ1) is 15.7. The summed E-state index contributed by atoms with van der Waals surface area (Å²) < 4.78 is 0. The van der Waals surface area contributed by atoms with Crippen LogP contribution >= 0.6 is 12.2 Å². The molecule has 112 valence electrons. The van der Waals surface area contributed by atoms with E-state index in [-0.39, 0.29) is 11.3 Å². The number of carboxylic acid groups (broad SMARTS) is 1. The van der Waals surface area contributed by atoms with Gasteiger partial charge >= 0.3 is 5.97 Å². The Balaban J connectivity index is 1.97. The average molecular weight is 314 g/mol. The Kier molecular flexibility index (Phi) is 4.85. The Morgan fingerprint density at radius 2 is 1.27 bits per heavy atom. The van der Waals surface area contributed by atoms with E-state index in [4.69, 9.17) is 17.3 Å². The number of hydrogen-bond donors (Lipinski definition) is 3. The van der Waals surface area contributed by atoms with Crippen LogP contribution in [0.5, 0.6) is 0 Å². The molecule has 2 aromatic rings. The normalized spacial score (nSPS) is 9.86. The fourth-order valence-corrected chi connectivity index (χ4v) is 2.01. The molecule has 0 saturated heterocycles. The second kappa shape index (κ2) is 6.82. The number of anilines is 2. The fraction of sp³-hybridized carbons (Fsp3) is 0.0625. The van der Waals surface area contributed by atoms with Crippen LogP contribution < -0.4 is 10.6 Å². The molecule has 6 heteroatoms. The molecule has 3 N–H and O–H groups in total. The van der Waals surface area contributed by atoms with E-state index >= 15 is 0 Å². The highest BCUT2D eigenvalue weighted by Crippen LogP contribution is 2.13. The minimum absolute atomic E-state index is 0.00534. The van der Waals surface area contributed by atoms with Crippen LogP contribution in [0.2, 0.25) is 0 Å². The summed E-state index contributed by atoms with van der Waals surface area (Å²) in [5.41, 5.74) is 2.28. The molecule has 0 unspecified atom stereocenters. The lowest BCUT2D eigenvalue weighted by Gasteiger charge is -2.11. The summed E-state index contributed by atoms with van der Waals surface area (Å²) in [6.45, 7) is 1.51. The lowest BCUT2D eigenvalue weighted by atomic mass is 10.1. The molecule has 0 aliphatic heterocycles. The Hall–Kier alpha value is -2.73. The summed E-state index contributed by atoms with van der Waals surface area (Å²) in [5, 5.41) is 15.1. The van der Waals surface area contributed by atoms with Gasteiger partial charge in [-0.25, -0.2) is 4.79 Å². The molecule has 0 saturated carbocycles. The average Bonchev–Trinajstić information content (AvgIpc) is 2.48. The minimum Gasteiger partial charge on any atom is -0.478 e. The highest BCUT2D eigenvalue weighted by Gasteiger charge is 2.04. The monoisotopic (exact) mass is 314 g/mol. The maximum atomic E-state index is 11.2. The standard InChI is InChI=1S/C16H14N2O3S/c1-10(19)11-2-6-13(7-3-11)17-16(22)18-14-8-4-12(5-9-14)15(20)21/h2-9H,1H3,(H,20,21)(H2,17,18,22). The van der Waals surface area contributed by atoms with Crippen molar-refractivity contribution in [2.75, 3.05) is 10.6 Å². The van der Waals surface area contributed by atoms with Gasteiger partial charge in [0.05, 0.1) is 5.56 Å². The summed E-state index contributed by atoms with van der Waals surface area (Å²) in [6.07, 6.45) is 0. The van der Waals surface area contributed by atoms with Gasteiger partial charge in [0.15, 0.2) is 10.9 Å². The minimum atomic E-state index is -0.974. The lowest BCUT2D eigenvalue weighted by Crippen LogP contribution is -2.19. The molecule has 0 aromatic heterocycles. The summed E-state index contributed by atoms with van der Waals surface area (Å²) in [5.74, 6) is -0.969. The number of thiocarbonyl (C=S) groups is 1. The Morgan fingerprint density at radius 1 is 0.864 bits per heavy atom. The van der Waals surface area contributed by atoms with Crippen LogP contribution in [0.15, 0.2) is 48.5 Å². The first-order valence-electron chi connectivity index (χ1n) is 6.48. The lowest BCUT2D eigenvalue weighted by molar-refractivity contribution is 0.0696. The highest BCUT2D eigenvalue weighted by atomic mass is 32.1. The number of Topliss-reactive ketones (excluding diaryl/α,β-unsaturated/α-hetero) is 1. The largest absolute Gasteiger partial charge is 0.478 e. The fourth-order valence-electron chi connectivity index (χ4n) is 1.78. The molecule has 0 bridgehead atoms. The van der Waals surface area contributed by atoms with Crippen molar-refractivity contribution >= 4 is 40.5 Å². The van der Waals surface area contributed by atoms with Crippen molar-refractivity contribution in [2.45, 2.75) is 6.92 Å². The second-order valence-corrected chi connectivity index (χ2v) is 5.00. The van der Waals surface area contributed by atoms with Gasteiger partial charge in [-0.2, -0.15) is 0 Å². The summed E-state index contributed by atoms with van der Waals surface area (Å²) in [6, 6.07) is 13.2. The number of benzene rings is 2. The van der Waals surface area contributed by atoms with E-state index in [9.17, 15) is 9.59 Å². The van der Waals surface area contributed by atoms with Crippen molar-refractivity contribution in [3.05, 3.63) is 59.7 Å². The predicted octanol–water partition coefficient (Wildman–Crippen LogP) is 3.40. The van der Waals surface area contributed by atoms with E-state index in [0.29, 0.717) is 16.4 Å². The summed E-state index contributed by atoms with van der Waals surface area (Å²) >= 11 is 5.18. The van der Waals surface area contributed by atoms with E-state index in [0.717, 1.165) is 5.69 Å². The third-order valence-electron chi connectivity index (χ3n) is 2.94. The van der Waals surface area contributed by atoms with Gasteiger partial charge in [-0.1, -0.05) is 0 Å². The first-order valence-corrected chi connectivity index (χ1v) is 6.89. The zero-order chi connectivity index (χ0) is 16.1. The Bertz CT molecular complexity index is 648. The number of carbonyl (C=O) groups is 2. The maximum absolute atomic E-state index is 11.2. The molecule has 0 aliphatic carbocycles. The molecule has 5 nitrogen and oxygen atoms in total. The van der Waals surface area contributed by atoms with Crippen LogP contribution in [0.25, 0.3) is 0 Å². The molecule has 0 spiro atoms. The zero-order valence-corrected chi connectivity index (χ0v) is 12.6. The predicted molar refractivity (Wildman–Crippen MR) is 89.7 cm³/mol. The zero-order valence-electron chi connectivity index (χ0n) is 11.8. The van der Waals surface area contributed by atoms with E-state index in [1.165, 1.54) is 19.1 Å². The smallest absolute Gasteiger partial charge is 0.335 e. The molecule has 0 heterocycles. The molecule has 0 aliphatic rings.